The van der Waals surface area contributed by atoms with Gasteiger partial charge in [0.1, 0.15) is 6.54 Å². The van der Waals surface area contributed by atoms with Crippen LogP contribution in [0.1, 0.15) is 0 Å². The Hall–Kier alpha value is -0.581. The van der Waals surface area contributed by atoms with Gasteiger partial charge in [-0.25, -0.2) is 0 Å². The standard InChI is InChI=1S/C4H8N2O3.Fe/c5-1-3(7)6-2-4(8)9;/h1-2,5H2,(H,6,7)(H,8,9);. The van der Waals surface area contributed by atoms with Crippen LogP contribution in [0.4, 0.5) is 0 Å². The van der Waals surface area contributed by atoms with Crippen LogP contribution in [0.25, 0.3) is 0 Å². The Bertz CT molecular complexity index is 128. The molecule has 6 heteroatoms. The van der Waals surface area contributed by atoms with Gasteiger partial charge in [-0.3, -0.25) is 9.59 Å². The molecule has 0 bridgehead atoms. The van der Waals surface area contributed by atoms with E-state index in [4.69, 9.17) is 10.8 Å². The van der Waals surface area contributed by atoms with Crippen molar-refractivity contribution in [2.24, 2.45) is 5.73 Å². The maximum atomic E-state index is 10.2. The molecular weight excluding hydrogens is 180 g/mol. The third-order valence-corrected chi connectivity index (χ3v) is 0.622. The number of carbonyl (C=O) groups excluding carboxylic acids is 1. The monoisotopic (exact) mass is 188 g/mol. The van der Waals surface area contributed by atoms with Crippen molar-refractivity contribution in [3.8, 4) is 0 Å². The van der Waals surface area contributed by atoms with Gasteiger partial charge in [-0.2, -0.15) is 0 Å². The first kappa shape index (κ1) is 12.1. The molecule has 0 aromatic heterocycles. The van der Waals surface area contributed by atoms with E-state index in [9.17, 15) is 9.59 Å². The molecule has 60 valence electrons. The maximum absolute atomic E-state index is 10.2. The number of nitrogens with one attached hydrogen (secondary N) is 1. The molecular formula is C4H8FeN2O3. The molecule has 0 aromatic rings. The van der Waals surface area contributed by atoms with Crippen LogP contribution in [0.15, 0.2) is 0 Å². The third kappa shape index (κ3) is 7.42. The van der Waals surface area contributed by atoms with Crippen molar-refractivity contribution in [3.63, 3.8) is 0 Å². The molecule has 0 aliphatic heterocycles. The smallest absolute Gasteiger partial charge is 0.322 e. The Morgan fingerprint density at radius 2 is 2.00 bits per heavy atom. The van der Waals surface area contributed by atoms with E-state index in [-0.39, 0.29) is 30.2 Å². The quantitative estimate of drug-likeness (QED) is 0.453. The number of carboxylic acids is 1. The Kier molecular flexibility index (Phi) is 7.93. The topological polar surface area (TPSA) is 92.4 Å². The number of amides is 1. The summed E-state index contributed by atoms with van der Waals surface area (Å²) in [7, 11) is 0. The van der Waals surface area contributed by atoms with Crippen molar-refractivity contribution in [2.75, 3.05) is 13.1 Å². The van der Waals surface area contributed by atoms with E-state index in [1.807, 2.05) is 0 Å². The van der Waals surface area contributed by atoms with Crippen molar-refractivity contribution in [1.82, 2.24) is 5.32 Å². The summed E-state index contributed by atoms with van der Waals surface area (Å²) >= 11 is 0. The van der Waals surface area contributed by atoms with Gasteiger partial charge in [0.05, 0.1) is 6.54 Å². The second-order valence-corrected chi connectivity index (χ2v) is 1.37. The summed E-state index contributed by atoms with van der Waals surface area (Å²) in [4.78, 5) is 20.0. The van der Waals surface area contributed by atoms with Crippen LogP contribution in [0.5, 0.6) is 0 Å². The van der Waals surface area contributed by atoms with E-state index >= 15 is 0 Å². The van der Waals surface area contributed by atoms with Gasteiger partial charge in [-0.15, -0.1) is 0 Å². The first-order valence-electron chi connectivity index (χ1n) is 2.35. The van der Waals surface area contributed by atoms with Gasteiger partial charge in [0, 0.05) is 17.1 Å². The number of nitrogens with two attached hydrogens (primary N) is 1. The molecule has 0 saturated carbocycles. The fourth-order valence-corrected chi connectivity index (χ4v) is 0.246. The fraction of sp³-hybridized carbons (Fsp3) is 0.500. The van der Waals surface area contributed by atoms with Crippen molar-refractivity contribution in [2.45, 2.75) is 0 Å². The third-order valence-electron chi connectivity index (χ3n) is 0.622. The van der Waals surface area contributed by atoms with E-state index in [1.165, 1.54) is 0 Å². The molecule has 0 aromatic carbocycles. The first-order valence-corrected chi connectivity index (χ1v) is 2.35. The Balaban J connectivity index is 0. The number of rotatable bonds is 3. The van der Waals surface area contributed by atoms with Crippen LogP contribution in [0.3, 0.4) is 0 Å². The second kappa shape index (κ2) is 6.54. The van der Waals surface area contributed by atoms with E-state index in [2.05, 4.69) is 5.32 Å². The number of aliphatic carboxylic acids is 1. The normalized spacial score (nSPS) is 7.70. The molecule has 10 heavy (non-hydrogen) atoms. The summed E-state index contributed by atoms with van der Waals surface area (Å²) in [6.45, 7) is -0.538. The molecule has 0 aliphatic rings. The van der Waals surface area contributed by atoms with Gasteiger partial charge in [0.15, 0.2) is 0 Å². The summed E-state index contributed by atoms with van der Waals surface area (Å²) in [5.74, 6) is -1.53. The van der Waals surface area contributed by atoms with Crippen molar-refractivity contribution in [1.29, 1.82) is 0 Å². The zero-order chi connectivity index (χ0) is 7.28. The van der Waals surface area contributed by atoms with Crippen LogP contribution in [-0.4, -0.2) is 30.1 Å². The van der Waals surface area contributed by atoms with Crippen molar-refractivity contribution >= 4 is 11.9 Å². The average molecular weight is 188 g/mol. The summed E-state index contributed by atoms with van der Waals surface area (Å²) in [6.07, 6.45) is 0. The minimum atomic E-state index is -1.07. The predicted molar refractivity (Wildman–Crippen MR) is 29.7 cm³/mol. The average Bonchev–Trinajstić information content (AvgIpc) is 1.83. The summed E-state index contributed by atoms with van der Waals surface area (Å²) in [5.41, 5.74) is 4.85. The number of hydrogen-bond donors (Lipinski definition) is 3. The predicted octanol–water partition coefficient (Wildman–Crippen LogP) is -1.86. The largest absolute Gasteiger partial charge is 0.480 e. The molecule has 0 saturated heterocycles. The van der Waals surface area contributed by atoms with Crippen LogP contribution in [-0.2, 0) is 26.7 Å². The molecule has 1 amide bonds. The van der Waals surface area contributed by atoms with E-state index < -0.39 is 11.9 Å². The molecule has 4 N–H and O–H groups in total. The van der Waals surface area contributed by atoms with Crippen molar-refractivity contribution < 1.29 is 31.8 Å². The van der Waals surface area contributed by atoms with Crippen LogP contribution < -0.4 is 11.1 Å². The van der Waals surface area contributed by atoms with Gasteiger partial charge in [-0.1, -0.05) is 0 Å². The maximum Gasteiger partial charge on any atom is 0.322 e. The SMILES string of the molecule is NCC(=O)NCC(=O)O.[Fe]. The summed E-state index contributed by atoms with van der Waals surface area (Å²) in [6, 6.07) is 0. The molecule has 0 fully saturated rings. The zero-order valence-corrected chi connectivity index (χ0v) is 6.21. The van der Waals surface area contributed by atoms with E-state index in [1.54, 1.807) is 0 Å². The first-order chi connectivity index (χ1) is 4.16. The molecule has 5 nitrogen and oxygen atoms in total. The summed E-state index contributed by atoms with van der Waals surface area (Å²) in [5, 5.41) is 10.1. The molecule has 0 aliphatic carbocycles. The number of carbonyl (C=O) groups is 2. The van der Waals surface area contributed by atoms with E-state index in [0.29, 0.717) is 0 Å². The van der Waals surface area contributed by atoms with Crippen LogP contribution >= 0.6 is 0 Å². The van der Waals surface area contributed by atoms with Crippen molar-refractivity contribution in [3.05, 3.63) is 0 Å². The zero-order valence-electron chi connectivity index (χ0n) is 5.11. The van der Waals surface area contributed by atoms with Gasteiger partial charge >= 0.3 is 5.97 Å². The van der Waals surface area contributed by atoms with Gasteiger partial charge < -0.3 is 16.2 Å². The van der Waals surface area contributed by atoms with Gasteiger partial charge in [-0.05, 0) is 0 Å². The molecule has 0 heterocycles. The van der Waals surface area contributed by atoms with Gasteiger partial charge in [0.2, 0.25) is 5.91 Å². The molecule has 0 unspecified atom stereocenters. The molecule has 0 radical (unpaired) electrons. The Morgan fingerprint density at radius 1 is 1.50 bits per heavy atom. The minimum Gasteiger partial charge on any atom is -0.480 e. The van der Waals surface area contributed by atoms with E-state index in [0.717, 1.165) is 0 Å². The fourth-order valence-electron chi connectivity index (χ4n) is 0.246. The summed E-state index contributed by atoms with van der Waals surface area (Å²) < 4.78 is 0. The number of hydrogen-bond acceptors (Lipinski definition) is 3. The Labute approximate surface area is 68.4 Å². The molecule has 0 atom stereocenters. The second-order valence-electron chi connectivity index (χ2n) is 1.37. The van der Waals surface area contributed by atoms with Crippen LogP contribution in [0.2, 0.25) is 0 Å². The van der Waals surface area contributed by atoms with Gasteiger partial charge in [0.25, 0.3) is 0 Å². The number of carboxylic acid groups (broad SMARTS) is 1. The molecule has 0 rings (SSSR count). The Morgan fingerprint density at radius 3 is 2.30 bits per heavy atom. The van der Waals surface area contributed by atoms with Crippen LogP contribution in [0, 0.1) is 0 Å². The molecule has 0 spiro atoms. The minimum absolute atomic E-state index is 0.